The zero-order valence-electron chi connectivity index (χ0n) is 11.2. The van der Waals surface area contributed by atoms with Gasteiger partial charge in [0.2, 0.25) is 0 Å². The molecule has 0 atom stereocenters. The summed E-state index contributed by atoms with van der Waals surface area (Å²) >= 11 is 5.87. The predicted molar refractivity (Wildman–Crippen MR) is 77.2 cm³/mol. The van der Waals surface area contributed by atoms with Crippen LogP contribution in [0.4, 0.5) is 11.5 Å². The topological polar surface area (TPSA) is 79.5 Å². The Kier molecular flexibility index (Phi) is 5.14. The highest BCUT2D eigenvalue weighted by Gasteiger charge is 2.24. The molecule has 20 heavy (non-hydrogen) atoms. The lowest BCUT2D eigenvalue weighted by Crippen LogP contribution is -2.39. The van der Waals surface area contributed by atoms with Crippen LogP contribution < -0.4 is 4.90 Å². The van der Waals surface area contributed by atoms with E-state index < -0.39 is 4.92 Å². The third-order valence-corrected chi connectivity index (χ3v) is 3.82. The molecule has 0 aromatic carbocycles. The molecule has 0 spiro atoms. The monoisotopic (exact) mass is 299 g/mol. The van der Waals surface area contributed by atoms with Crippen molar-refractivity contribution in [1.82, 2.24) is 4.98 Å². The van der Waals surface area contributed by atoms with Gasteiger partial charge in [-0.3, -0.25) is 10.1 Å². The van der Waals surface area contributed by atoms with Crippen LogP contribution in [0.2, 0.25) is 5.15 Å². The summed E-state index contributed by atoms with van der Waals surface area (Å²) in [5.41, 5.74) is -0.0706. The second-order valence-corrected chi connectivity index (χ2v) is 5.36. The Bertz CT molecular complexity index is 478. The number of hydrogen-bond donors (Lipinski definition) is 1. The molecule has 0 radical (unpaired) electrons. The molecule has 1 aliphatic rings. The number of nitrogens with zero attached hydrogens (tertiary/aromatic N) is 3. The molecule has 0 saturated heterocycles. The molecule has 2 rings (SSSR count). The molecule has 1 aliphatic carbocycles. The predicted octanol–water partition coefficient (Wildman–Crippen LogP) is 2.77. The summed E-state index contributed by atoms with van der Waals surface area (Å²) in [5.74, 6) is 0.477. The molecule has 1 fully saturated rings. The Morgan fingerprint density at radius 1 is 1.40 bits per heavy atom. The fraction of sp³-hybridized carbons (Fsp3) is 0.615. The first-order valence-corrected chi connectivity index (χ1v) is 7.19. The van der Waals surface area contributed by atoms with E-state index in [4.69, 9.17) is 11.6 Å². The Morgan fingerprint density at radius 3 is 2.70 bits per heavy atom. The molecular weight excluding hydrogens is 282 g/mol. The molecule has 1 N–H and O–H groups in total. The number of halogens is 1. The fourth-order valence-corrected chi connectivity index (χ4v) is 2.91. The molecule has 0 aliphatic heterocycles. The largest absolute Gasteiger partial charge is 0.395 e. The Morgan fingerprint density at radius 2 is 2.10 bits per heavy atom. The van der Waals surface area contributed by atoms with Gasteiger partial charge in [-0.05, 0) is 12.8 Å². The maximum atomic E-state index is 10.9. The molecular formula is C13H18ClN3O3. The van der Waals surface area contributed by atoms with Crippen molar-refractivity contribution in [3.63, 3.8) is 0 Å². The first-order chi connectivity index (χ1) is 9.61. The zero-order chi connectivity index (χ0) is 14.5. The number of aromatic nitrogens is 1. The number of nitro groups is 1. The number of hydrogen-bond acceptors (Lipinski definition) is 5. The summed E-state index contributed by atoms with van der Waals surface area (Å²) in [6.45, 7) is 0.396. The molecule has 6 nitrogen and oxygen atoms in total. The van der Waals surface area contributed by atoms with Crippen LogP contribution in [0, 0.1) is 10.1 Å². The maximum absolute atomic E-state index is 10.9. The quantitative estimate of drug-likeness (QED) is 0.514. The summed E-state index contributed by atoms with van der Waals surface area (Å²) in [5, 5.41) is 20.3. The van der Waals surface area contributed by atoms with Crippen molar-refractivity contribution in [1.29, 1.82) is 0 Å². The van der Waals surface area contributed by atoms with E-state index in [0.717, 1.165) is 25.7 Å². The van der Waals surface area contributed by atoms with E-state index in [-0.39, 0.29) is 23.5 Å². The average Bonchev–Trinajstić information content (AvgIpc) is 2.45. The lowest BCUT2D eigenvalue weighted by Gasteiger charge is -2.34. The molecule has 1 saturated carbocycles. The lowest BCUT2D eigenvalue weighted by molar-refractivity contribution is -0.384. The zero-order valence-corrected chi connectivity index (χ0v) is 11.9. The van der Waals surface area contributed by atoms with Crippen LogP contribution in [0.1, 0.15) is 32.1 Å². The number of pyridine rings is 1. The minimum absolute atomic E-state index is 0.0154. The molecule has 0 unspecified atom stereocenters. The van der Waals surface area contributed by atoms with Gasteiger partial charge in [0, 0.05) is 12.6 Å². The maximum Gasteiger partial charge on any atom is 0.276 e. The van der Waals surface area contributed by atoms with Crippen LogP contribution in [-0.2, 0) is 0 Å². The van der Waals surface area contributed by atoms with Gasteiger partial charge in [-0.25, -0.2) is 4.98 Å². The van der Waals surface area contributed by atoms with Gasteiger partial charge in [0.05, 0.1) is 23.7 Å². The standard InChI is InChI=1S/C13H18ClN3O3/c14-12-8-11(17(19)20)9-13(15-12)16(6-7-18)10-4-2-1-3-5-10/h8-10,18H,1-7H2. The van der Waals surface area contributed by atoms with Gasteiger partial charge in [0.15, 0.2) is 0 Å². The first-order valence-electron chi connectivity index (χ1n) is 6.81. The summed E-state index contributed by atoms with van der Waals surface area (Å²) in [4.78, 5) is 16.6. The minimum atomic E-state index is -0.477. The Balaban J connectivity index is 2.30. The average molecular weight is 300 g/mol. The van der Waals surface area contributed by atoms with E-state index in [1.807, 2.05) is 4.90 Å². The summed E-state index contributed by atoms with van der Waals surface area (Å²) in [7, 11) is 0. The molecule has 1 heterocycles. The Labute approximate surface area is 122 Å². The highest BCUT2D eigenvalue weighted by atomic mass is 35.5. The van der Waals surface area contributed by atoms with Gasteiger partial charge in [-0.1, -0.05) is 30.9 Å². The van der Waals surface area contributed by atoms with Crippen molar-refractivity contribution < 1.29 is 10.0 Å². The van der Waals surface area contributed by atoms with E-state index in [0.29, 0.717) is 12.4 Å². The van der Waals surface area contributed by atoms with Crippen molar-refractivity contribution in [2.75, 3.05) is 18.1 Å². The van der Waals surface area contributed by atoms with E-state index in [1.165, 1.54) is 18.6 Å². The SMILES string of the molecule is O=[N+]([O-])c1cc(Cl)nc(N(CCO)C2CCCCC2)c1. The van der Waals surface area contributed by atoms with Crippen molar-refractivity contribution in [3.8, 4) is 0 Å². The Hall–Kier alpha value is -1.40. The lowest BCUT2D eigenvalue weighted by atomic mass is 9.94. The highest BCUT2D eigenvalue weighted by molar-refractivity contribution is 6.29. The van der Waals surface area contributed by atoms with Gasteiger partial charge >= 0.3 is 0 Å². The van der Waals surface area contributed by atoms with Gasteiger partial charge in [0.25, 0.3) is 5.69 Å². The molecule has 110 valence electrons. The first kappa shape index (κ1) is 15.0. The smallest absolute Gasteiger partial charge is 0.276 e. The van der Waals surface area contributed by atoms with Gasteiger partial charge < -0.3 is 10.0 Å². The van der Waals surface area contributed by atoms with Crippen LogP contribution >= 0.6 is 11.6 Å². The van der Waals surface area contributed by atoms with E-state index in [1.54, 1.807) is 0 Å². The number of rotatable bonds is 5. The molecule has 1 aromatic rings. The fourth-order valence-electron chi connectivity index (χ4n) is 2.71. The van der Waals surface area contributed by atoms with Crippen molar-refractivity contribution in [2.45, 2.75) is 38.1 Å². The third-order valence-electron chi connectivity index (χ3n) is 3.63. The van der Waals surface area contributed by atoms with Crippen LogP contribution in [-0.4, -0.2) is 34.2 Å². The molecule has 1 aromatic heterocycles. The summed E-state index contributed by atoms with van der Waals surface area (Å²) in [6.07, 6.45) is 5.51. The van der Waals surface area contributed by atoms with Gasteiger partial charge in [-0.15, -0.1) is 0 Å². The second-order valence-electron chi connectivity index (χ2n) is 4.97. The highest BCUT2D eigenvalue weighted by Crippen LogP contribution is 2.29. The molecule has 7 heteroatoms. The molecule has 0 bridgehead atoms. The van der Waals surface area contributed by atoms with E-state index in [9.17, 15) is 15.2 Å². The van der Waals surface area contributed by atoms with Crippen LogP contribution in [0.5, 0.6) is 0 Å². The van der Waals surface area contributed by atoms with Crippen molar-refractivity contribution in [3.05, 3.63) is 27.4 Å². The van der Waals surface area contributed by atoms with Gasteiger partial charge in [0.1, 0.15) is 11.0 Å². The van der Waals surface area contributed by atoms with Gasteiger partial charge in [-0.2, -0.15) is 0 Å². The summed E-state index contributed by atoms with van der Waals surface area (Å²) < 4.78 is 0. The van der Waals surface area contributed by atoms with E-state index in [2.05, 4.69) is 4.98 Å². The van der Waals surface area contributed by atoms with Crippen molar-refractivity contribution in [2.24, 2.45) is 0 Å². The second kappa shape index (κ2) is 6.85. The van der Waals surface area contributed by atoms with Crippen molar-refractivity contribution >= 4 is 23.1 Å². The summed E-state index contributed by atoms with van der Waals surface area (Å²) in [6, 6.07) is 2.93. The van der Waals surface area contributed by atoms with Crippen LogP contribution in [0.25, 0.3) is 0 Å². The van der Waals surface area contributed by atoms with Crippen LogP contribution in [0.15, 0.2) is 12.1 Å². The molecule has 0 amide bonds. The number of aliphatic hydroxyl groups is 1. The normalized spacial score (nSPS) is 16.1. The number of anilines is 1. The third kappa shape index (κ3) is 3.58. The van der Waals surface area contributed by atoms with Crippen LogP contribution in [0.3, 0.4) is 0 Å². The van der Waals surface area contributed by atoms with E-state index >= 15 is 0 Å². The number of aliphatic hydroxyl groups excluding tert-OH is 1. The minimum Gasteiger partial charge on any atom is -0.395 e.